The average molecular weight is 408 g/mol. The lowest BCUT2D eigenvalue weighted by Gasteiger charge is -2.29. The number of carbonyl (C=O) groups excluding carboxylic acids is 1. The molecule has 0 saturated carbocycles. The first kappa shape index (κ1) is 19.8. The standard InChI is InChI=1S/C16H23BrN2OS.ClH/c1-16(2,21-14-6-4-13(17)5-7-14)15(20)19-9-8-12(11-19)10-18-3;/h4-7,12,18H,8-11H2,1-3H3;1H. The molecular formula is C16H24BrClN2OS. The molecule has 1 fully saturated rings. The van der Waals surface area contributed by atoms with E-state index in [2.05, 4.69) is 33.4 Å². The minimum atomic E-state index is -0.428. The van der Waals surface area contributed by atoms with Crippen LogP contribution in [0.15, 0.2) is 33.6 Å². The summed E-state index contributed by atoms with van der Waals surface area (Å²) in [6, 6.07) is 8.14. The number of amides is 1. The highest BCUT2D eigenvalue weighted by atomic mass is 79.9. The van der Waals surface area contributed by atoms with E-state index in [1.54, 1.807) is 11.8 Å². The fourth-order valence-electron chi connectivity index (χ4n) is 2.69. The van der Waals surface area contributed by atoms with Crippen LogP contribution in [-0.4, -0.2) is 42.2 Å². The van der Waals surface area contributed by atoms with Gasteiger partial charge in [-0.3, -0.25) is 4.79 Å². The van der Waals surface area contributed by atoms with Gasteiger partial charge in [0.25, 0.3) is 0 Å². The molecule has 1 amide bonds. The Hall–Kier alpha value is -0.230. The Labute approximate surface area is 152 Å². The van der Waals surface area contributed by atoms with Crippen LogP contribution in [-0.2, 0) is 4.79 Å². The molecule has 1 aliphatic heterocycles. The van der Waals surface area contributed by atoms with Crippen LogP contribution in [0.1, 0.15) is 20.3 Å². The third-order valence-electron chi connectivity index (χ3n) is 3.77. The van der Waals surface area contributed by atoms with E-state index in [0.29, 0.717) is 5.92 Å². The van der Waals surface area contributed by atoms with E-state index in [-0.39, 0.29) is 18.3 Å². The summed E-state index contributed by atoms with van der Waals surface area (Å²) in [7, 11) is 1.97. The molecule has 124 valence electrons. The fourth-order valence-corrected chi connectivity index (χ4v) is 4.04. The Bertz CT molecular complexity index is 495. The Morgan fingerprint density at radius 3 is 2.64 bits per heavy atom. The second-order valence-corrected chi connectivity index (χ2v) is 8.64. The molecule has 1 heterocycles. The molecule has 0 aromatic heterocycles. The van der Waals surface area contributed by atoms with Crippen molar-refractivity contribution in [3.05, 3.63) is 28.7 Å². The van der Waals surface area contributed by atoms with E-state index in [4.69, 9.17) is 0 Å². The molecule has 0 aliphatic carbocycles. The first-order valence-corrected chi connectivity index (χ1v) is 8.92. The van der Waals surface area contributed by atoms with Crippen molar-refractivity contribution in [3.8, 4) is 0 Å². The Morgan fingerprint density at radius 2 is 2.05 bits per heavy atom. The number of nitrogens with one attached hydrogen (secondary N) is 1. The van der Waals surface area contributed by atoms with Crippen molar-refractivity contribution in [2.75, 3.05) is 26.7 Å². The lowest BCUT2D eigenvalue weighted by molar-refractivity contribution is -0.132. The van der Waals surface area contributed by atoms with Crippen molar-refractivity contribution in [3.63, 3.8) is 0 Å². The van der Waals surface area contributed by atoms with Crippen LogP contribution in [0.25, 0.3) is 0 Å². The van der Waals surface area contributed by atoms with Crippen LogP contribution >= 0.6 is 40.1 Å². The minimum Gasteiger partial charge on any atom is -0.341 e. The molecule has 0 bridgehead atoms. The molecular weight excluding hydrogens is 384 g/mol. The monoisotopic (exact) mass is 406 g/mol. The summed E-state index contributed by atoms with van der Waals surface area (Å²) in [4.78, 5) is 15.9. The van der Waals surface area contributed by atoms with Gasteiger partial charge in [0, 0.05) is 22.5 Å². The van der Waals surface area contributed by atoms with Crippen molar-refractivity contribution in [2.24, 2.45) is 5.92 Å². The molecule has 1 N–H and O–H groups in total. The molecule has 1 aliphatic rings. The van der Waals surface area contributed by atoms with Gasteiger partial charge >= 0.3 is 0 Å². The van der Waals surface area contributed by atoms with Crippen LogP contribution in [0.3, 0.4) is 0 Å². The normalized spacial score (nSPS) is 18.2. The maximum Gasteiger partial charge on any atom is 0.238 e. The maximum absolute atomic E-state index is 12.8. The van der Waals surface area contributed by atoms with Gasteiger partial charge in [0.2, 0.25) is 5.91 Å². The van der Waals surface area contributed by atoms with Crippen LogP contribution in [0.4, 0.5) is 0 Å². The van der Waals surface area contributed by atoms with Gasteiger partial charge < -0.3 is 10.2 Å². The highest BCUT2D eigenvalue weighted by Crippen LogP contribution is 2.35. The zero-order valence-electron chi connectivity index (χ0n) is 13.3. The molecule has 22 heavy (non-hydrogen) atoms. The lowest BCUT2D eigenvalue weighted by Crippen LogP contribution is -2.42. The summed E-state index contributed by atoms with van der Waals surface area (Å²) < 4.78 is 0.632. The molecule has 2 rings (SSSR count). The number of halogens is 2. The van der Waals surface area contributed by atoms with Crippen LogP contribution in [0.2, 0.25) is 0 Å². The van der Waals surface area contributed by atoms with Crippen LogP contribution in [0.5, 0.6) is 0 Å². The van der Waals surface area contributed by atoms with Crippen molar-refractivity contribution >= 4 is 46.0 Å². The lowest BCUT2D eigenvalue weighted by atomic mass is 10.1. The topological polar surface area (TPSA) is 32.3 Å². The predicted molar refractivity (Wildman–Crippen MR) is 99.9 cm³/mol. The van der Waals surface area contributed by atoms with Gasteiger partial charge in [0.1, 0.15) is 0 Å². The molecule has 0 spiro atoms. The van der Waals surface area contributed by atoms with Gasteiger partial charge in [0.15, 0.2) is 0 Å². The number of rotatable bonds is 5. The van der Waals surface area contributed by atoms with Crippen molar-refractivity contribution < 1.29 is 4.79 Å². The van der Waals surface area contributed by atoms with E-state index < -0.39 is 4.75 Å². The third-order valence-corrected chi connectivity index (χ3v) is 5.49. The summed E-state index contributed by atoms with van der Waals surface area (Å²) in [5.41, 5.74) is 0. The van der Waals surface area contributed by atoms with Crippen LogP contribution in [0, 0.1) is 5.92 Å². The fraction of sp³-hybridized carbons (Fsp3) is 0.562. The molecule has 1 saturated heterocycles. The van der Waals surface area contributed by atoms with Crippen LogP contribution < -0.4 is 5.32 Å². The Kier molecular flexibility index (Phi) is 7.72. The Morgan fingerprint density at radius 1 is 1.41 bits per heavy atom. The minimum absolute atomic E-state index is 0. The number of hydrogen-bond acceptors (Lipinski definition) is 3. The van der Waals surface area contributed by atoms with E-state index in [1.807, 2.05) is 37.9 Å². The quantitative estimate of drug-likeness (QED) is 0.753. The van der Waals surface area contributed by atoms with Crippen molar-refractivity contribution in [1.29, 1.82) is 0 Å². The van der Waals surface area contributed by atoms with Gasteiger partial charge in [-0.05, 0) is 64.0 Å². The average Bonchev–Trinajstić information content (AvgIpc) is 2.89. The highest BCUT2D eigenvalue weighted by Gasteiger charge is 2.36. The van der Waals surface area contributed by atoms with Gasteiger partial charge in [-0.2, -0.15) is 0 Å². The molecule has 3 nitrogen and oxygen atoms in total. The van der Waals surface area contributed by atoms with Gasteiger partial charge in [-0.1, -0.05) is 15.9 Å². The first-order chi connectivity index (χ1) is 9.92. The SMILES string of the molecule is CNCC1CCN(C(=O)C(C)(C)Sc2ccc(Br)cc2)C1.Cl. The van der Waals surface area contributed by atoms with E-state index in [9.17, 15) is 4.79 Å². The van der Waals surface area contributed by atoms with E-state index in [1.165, 1.54) is 0 Å². The molecule has 1 atom stereocenters. The summed E-state index contributed by atoms with van der Waals surface area (Å²) in [6.45, 7) is 6.80. The van der Waals surface area contributed by atoms with Gasteiger partial charge in [-0.25, -0.2) is 0 Å². The third kappa shape index (κ3) is 5.15. The summed E-state index contributed by atoms with van der Waals surface area (Å²) in [5, 5.41) is 3.21. The highest BCUT2D eigenvalue weighted by molar-refractivity contribution is 9.10. The largest absolute Gasteiger partial charge is 0.341 e. The van der Waals surface area contributed by atoms with Crippen molar-refractivity contribution in [2.45, 2.75) is 29.9 Å². The summed E-state index contributed by atoms with van der Waals surface area (Å²) >= 11 is 5.08. The predicted octanol–water partition coefficient (Wildman–Crippen LogP) is 3.81. The second kappa shape index (κ2) is 8.57. The Balaban J connectivity index is 0.00000242. The molecule has 0 radical (unpaired) electrons. The number of carbonyl (C=O) groups is 1. The summed E-state index contributed by atoms with van der Waals surface area (Å²) in [5.74, 6) is 0.835. The molecule has 1 aromatic rings. The number of likely N-dealkylation sites (tertiary alicyclic amines) is 1. The number of hydrogen-bond donors (Lipinski definition) is 1. The molecule has 6 heteroatoms. The van der Waals surface area contributed by atoms with Gasteiger partial charge in [-0.15, -0.1) is 24.2 Å². The zero-order valence-corrected chi connectivity index (χ0v) is 16.5. The maximum atomic E-state index is 12.8. The number of thioether (sulfide) groups is 1. The summed E-state index contributed by atoms with van der Waals surface area (Å²) in [6.07, 6.45) is 1.10. The second-order valence-electron chi connectivity index (χ2n) is 6.03. The smallest absolute Gasteiger partial charge is 0.238 e. The van der Waals surface area contributed by atoms with E-state index >= 15 is 0 Å². The molecule has 1 aromatic carbocycles. The zero-order chi connectivity index (χ0) is 15.5. The van der Waals surface area contributed by atoms with E-state index in [0.717, 1.165) is 35.4 Å². The number of benzene rings is 1. The van der Waals surface area contributed by atoms with Gasteiger partial charge in [0.05, 0.1) is 4.75 Å². The first-order valence-electron chi connectivity index (χ1n) is 7.31. The number of nitrogens with zero attached hydrogens (tertiary/aromatic N) is 1. The molecule has 1 unspecified atom stereocenters. The van der Waals surface area contributed by atoms with Crippen molar-refractivity contribution in [1.82, 2.24) is 10.2 Å².